The van der Waals surface area contributed by atoms with Crippen LogP contribution in [0.15, 0.2) is 36.5 Å². The minimum atomic E-state index is -0.338. The average molecular weight is 424 g/mol. The van der Waals surface area contributed by atoms with Crippen LogP contribution in [0.3, 0.4) is 0 Å². The van der Waals surface area contributed by atoms with Crippen molar-refractivity contribution in [3.05, 3.63) is 36.5 Å². The molecule has 0 saturated heterocycles. The molecule has 29 heavy (non-hydrogen) atoms. The molecule has 2 unspecified atom stereocenters. The van der Waals surface area contributed by atoms with Gasteiger partial charge in [0.25, 0.3) is 0 Å². The largest absolute Gasteiger partial charge is 0.356 e. The molecule has 2 atom stereocenters. The molecule has 0 saturated carbocycles. The molecule has 6 nitrogen and oxygen atoms in total. The fourth-order valence-corrected chi connectivity index (χ4v) is 2.88. The Labute approximate surface area is 181 Å². The van der Waals surface area contributed by atoms with E-state index in [1.807, 2.05) is 50.3 Å². The molecule has 0 aliphatic carbocycles. The van der Waals surface area contributed by atoms with E-state index in [9.17, 15) is 14.4 Å². The van der Waals surface area contributed by atoms with Crippen LogP contribution in [0, 0.1) is 0 Å². The van der Waals surface area contributed by atoms with Crippen LogP contribution in [0.1, 0.15) is 59.3 Å². The van der Waals surface area contributed by atoms with Gasteiger partial charge < -0.3 is 16.0 Å². The van der Waals surface area contributed by atoms with Gasteiger partial charge in [-0.2, -0.15) is 12.6 Å². The van der Waals surface area contributed by atoms with E-state index in [0.717, 1.165) is 19.3 Å². The Morgan fingerprint density at radius 3 is 2.31 bits per heavy atom. The minimum Gasteiger partial charge on any atom is -0.356 e. The highest BCUT2D eigenvalue weighted by Crippen LogP contribution is 2.12. The fraction of sp³-hybridized carbons (Fsp3) is 0.591. The summed E-state index contributed by atoms with van der Waals surface area (Å²) in [7, 11) is 0. The first-order chi connectivity index (χ1) is 13.9. The lowest BCUT2D eigenvalue weighted by Crippen LogP contribution is -2.46. The highest BCUT2D eigenvalue weighted by Gasteiger charge is 2.22. The molecular weight excluding hydrogens is 386 g/mol. The Hall–Kier alpha value is -2.02. The third-order valence-corrected chi connectivity index (χ3v) is 4.63. The molecule has 0 bridgehead atoms. The summed E-state index contributed by atoms with van der Waals surface area (Å²) >= 11 is 4.53. The number of amides is 3. The number of hydrogen-bond donors (Lipinski definition) is 4. The number of thiol groups is 1. The van der Waals surface area contributed by atoms with Gasteiger partial charge in [0, 0.05) is 30.7 Å². The lowest BCUT2D eigenvalue weighted by atomic mass is 10.1. The van der Waals surface area contributed by atoms with E-state index < -0.39 is 0 Å². The first-order valence-corrected chi connectivity index (χ1v) is 10.9. The number of unbranched alkanes of at least 4 members (excludes halogenated alkanes) is 2. The first-order valence-electron chi connectivity index (χ1n) is 10.4. The van der Waals surface area contributed by atoms with Crippen molar-refractivity contribution in [1.29, 1.82) is 0 Å². The van der Waals surface area contributed by atoms with Gasteiger partial charge in [-0.25, -0.2) is 0 Å². The van der Waals surface area contributed by atoms with Gasteiger partial charge in [-0.15, -0.1) is 0 Å². The van der Waals surface area contributed by atoms with Crippen LogP contribution in [0.4, 0.5) is 0 Å². The summed E-state index contributed by atoms with van der Waals surface area (Å²) < 4.78 is 0. The summed E-state index contributed by atoms with van der Waals surface area (Å²) in [5.41, 5.74) is 0. The third kappa shape index (κ3) is 15.6. The van der Waals surface area contributed by atoms with Gasteiger partial charge in [0.1, 0.15) is 0 Å². The van der Waals surface area contributed by atoms with Gasteiger partial charge in [-0.05, 0) is 26.7 Å². The summed E-state index contributed by atoms with van der Waals surface area (Å²) in [6, 6.07) is -0.322. The SMILES string of the molecule is C\C=C/C=C\C=C\CC(NC(=O)CNC(=O)CCCCC)C(S)CC(=O)NCC. The fourth-order valence-electron chi connectivity index (χ4n) is 2.52. The predicted molar refractivity (Wildman–Crippen MR) is 123 cm³/mol. The van der Waals surface area contributed by atoms with Crippen molar-refractivity contribution >= 4 is 30.4 Å². The van der Waals surface area contributed by atoms with Crippen LogP contribution < -0.4 is 16.0 Å². The standard InChI is InChI=1S/C22H37N3O3S/c1-4-7-9-10-11-13-14-18(19(29)16-21(27)23-6-3)25-22(28)17-24-20(26)15-12-8-5-2/h4,7,9-11,13,18-19,29H,5-6,8,12,14-17H2,1-3H3,(H,23,27)(H,24,26)(H,25,28)/b7-4-,10-9-,13-11+. The minimum absolute atomic E-state index is 0.0754. The van der Waals surface area contributed by atoms with E-state index in [1.54, 1.807) is 0 Å². The zero-order chi connectivity index (χ0) is 21.9. The van der Waals surface area contributed by atoms with Gasteiger partial charge in [0.2, 0.25) is 17.7 Å². The van der Waals surface area contributed by atoms with Gasteiger partial charge in [0.15, 0.2) is 0 Å². The van der Waals surface area contributed by atoms with Gasteiger partial charge in [0.05, 0.1) is 6.54 Å². The number of nitrogens with one attached hydrogen (secondary N) is 3. The topological polar surface area (TPSA) is 87.3 Å². The van der Waals surface area contributed by atoms with Crippen LogP contribution in [-0.2, 0) is 14.4 Å². The molecular formula is C22H37N3O3S. The lowest BCUT2D eigenvalue weighted by molar-refractivity contribution is -0.126. The smallest absolute Gasteiger partial charge is 0.239 e. The zero-order valence-corrected chi connectivity index (χ0v) is 18.8. The molecule has 0 aliphatic heterocycles. The van der Waals surface area contributed by atoms with E-state index in [4.69, 9.17) is 0 Å². The Kier molecular flexibility index (Phi) is 16.8. The molecule has 0 aromatic carbocycles. The second-order valence-electron chi connectivity index (χ2n) is 6.71. The number of rotatable bonds is 15. The summed E-state index contributed by atoms with van der Waals surface area (Å²) in [6.07, 6.45) is 15.5. The summed E-state index contributed by atoms with van der Waals surface area (Å²) in [5.74, 6) is -0.511. The maximum atomic E-state index is 12.3. The number of carbonyl (C=O) groups excluding carboxylic acids is 3. The van der Waals surface area contributed by atoms with E-state index in [2.05, 4.69) is 35.5 Å². The van der Waals surface area contributed by atoms with E-state index in [1.165, 1.54) is 0 Å². The van der Waals surface area contributed by atoms with E-state index >= 15 is 0 Å². The van der Waals surface area contributed by atoms with Gasteiger partial charge in [-0.3, -0.25) is 14.4 Å². The monoisotopic (exact) mass is 423 g/mol. The molecule has 0 radical (unpaired) electrons. The van der Waals surface area contributed by atoms with Crippen LogP contribution in [0.2, 0.25) is 0 Å². The Morgan fingerprint density at radius 2 is 1.66 bits per heavy atom. The second kappa shape index (κ2) is 18.0. The van der Waals surface area contributed by atoms with E-state index in [0.29, 0.717) is 19.4 Å². The second-order valence-corrected chi connectivity index (χ2v) is 7.37. The lowest BCUT2D eigenvalue weighted by Gasteiger charge is -2.23. The van der Waals surface area contributed by atoms with Crippen LogP contribution in [-0.4, -0.2) is 42.1 Å². The van der Waals surface area contributed by atoms with Crippen molar-refractivity contribution in [3.63, 3.8) is 0 Å². The molecule has 3 amide bonds. The molecule has 0 spiro atoms. The van der Waals surface area contributed by atoms with Gasteiger partial charge >= 0.3 is 0 Å². The average Bonchev–Trinajstić information content (AvgIpc) is 2.68. The highest BCUT2D eigenvalue weighted by molar-refractivity contribution is 7.81. The number of hydrogen-bond acceptors (Lipinski definition) is 4. The summed E-state index contributed by atoms with van der Waals surface area (Å²) in [6.45, 7) is 6.34. The van der Waals surface area contributed by atoms with Crippen molar-refractivity contribution in [3.8, 4) is 0 Å². The Balaban J connectivity index is 4.70. The molecule has 0 aromatic heterocycles. The number of carbonyl (C=O) groups is 3. The Bertz CT molecular complexity index is 574. The number of allylic oxidation sites excluding steroid dienone is 5. The Morgan fingerprint density at radius 1 is 0.931 bits per heavy atom. The molecule has 3 N–H and O–H groups in total. The first kappa shape index (κ1) is 27.0. The molecule has 164 valence electrons. The van der Waals surface area contributed by atoms with Crippen LogP contribution in [0.25, 0.3) is 0 Å². The molecule has 0 aliphatic rings. The van der Waals surface area contributed by atoms with Crippen molar-refractivity contribution < 1.29 is 14.4 Å². The third-order valence-electron chi connectivity index (χ3n) is 4.08. The van der Waals surface area contributed by atoms with Crippen LogP contribution in [0.5, 0.6) is 0 Å². The molecule has 0 rings (SSSR count). The van der Waals surface area contributed by atoms with E-state index in [-0.39, 0.29) is 42.0 Å². The predicted octanol–water partition coefficient (Wildman–Crippen LogP) is 3.07. The summed E-state index contributed by atoms with van der Waals surface area (Å²) in [4.78, 5) is 35.9. The maximum absolute atomic E-state index is 12.3. The molecule has 0 fully saturated rings. The van der Waals surface area contributed by atoms with Crippen LogP contribution >= 0.6 is 12.6 Å². The molecule has 0 heterocycles. The van der Waals surface area contributed by atoms with Crippen molar-refractivity contribution in [2.45, 2.75) is 70.6 Å². The van der Waals surface area contributed by atoms with Crippen molar-refractivity contribution in [1.82, 2.24) is 16.0 Å². The zero-order valence-electron chi connectivity index (χ0n) is 17.9. The summed E-state index contributed by atoms with van der Waals surface area (Å²) in [5, 5.41) is 7.94. The molecule has 0 aromatic rings. The highest BCUT2D eigenvalue weighted by atomic mass is 32.1. The normalized spacial score (nSPS) is 13.7. The van der Waals surface area contributed by atoms with Gasteiger partial charge in [-0.1, -0.05) is 56.2 Å². The quantitative estimate of drug-likeness (QED) is 0.185. The maximum Gasteiger partial charge on any atom is 0.239 e. The molecule has 7 heteroatoms. The van der Waals surface area contributed by atoms with Crippen molar-refractivity contribution in [2.24, 2.45) is 0 Å². The van der Waals surface area contributed by atoms with Crippen molar-refractivity contribution in [2.75, 3.05) is 13.1 Å².